The number of aliphatic imine (C=N–C) groups is 2. The summed E-state index contributed by atoms with van der Waals surface area (Å²) >= 11 is 0. The van der Waals surface area contributed by atoms with Crippen LogP contribution in [0, 0.1) is 5.92 Å². The summed E-state index contributed by atoms with van der Waals surface area (Å²) in [7, 11) is 2.13. The summed E-state index contributed by atoms with van der Waals surface area (Å²) in [5.41, 5.74) is 14.2. The van der Waals surface area contributed by atoms with Gasteiger partial charge in [-0.1, -0.05) is 13.0 Å². The fourth-order valence-corrected chi connectivity index (χ4v) is 6.46. The first-order valence-electron chi connectivity index (χ1n) is 15.9. The van der Waals surface area contributed by atoms with E-state index in [1.807, 2.05) is 18.7 Å². The van der Waals surface area contributed by atoms with Crippen molar-refractivity contribution in [2.45, 2.75) is 64.2 Å². The normalized spacial score (nSPS) is 25.1. The molecule has 5 rings (SSSR count). The lowest BCUT2D eigenvalue weighted by Crippen LogP contribution is -2.52. The number of piperazine rings is 1. The van der Waals surface area contributed by atoms with Crippen molar-refractivity contribution in [3.8, 4) is 0 Å². The maximum Gasteiger partial charge on any atom is 0.418 e. The molecule has 0 saturated carbocycles. The van der Waals surface area contributed by atoms with Crippen molar-refractivity contribution >= 4 is 22.8 Å². The van der Waals surface area contributed by atoms with E-state index < -0.39 is 17.7 Å². The Morgan fingerprint density at radius 1 is 1.07 bits per heavy atom. The van der Waals surface area contributed by atoms with Gasteiger partial charge in [0.15, 0.2) is 0 Å². The van der Waals surface area contributed by atoms with Crippen LogP contribution in [0.5, 0.6) is 0 Å². The van der Waals surface area contributed by atoms with Gasteiger partial charge in [-0.25, -0.2) is 9.98 Å². The number of ether oxygens (including phenoxy) is 1. The second-order valence-corrected chi connectivity index (χ2v) is 12.4. The fraction of sp³-hybridized carbons (Fsp3) is 0.625. The van der Waals surface area contributed by atoms with Crippen LogP contribution >= 0.6 is 0 Å². The van der Waals surface area contributed by atoms with Crippen LogP contribution in [0.2, 0.25) is 0 Å². The highest BCUT2D eigenvalue weighted by Crippen LogP contribution is 2.40. The Kier molecular flexibility index (Phi) is 10.2. The molecule has 5 N–H and O–H groups in total. The van der Waals surface area contributed by atoms with Crippen molar-refractivity contribution in [2.75, 3.05) is 64.4 Å². The van der Waals surface area contributed by atoms with E-state index in [1.165, 1.54) is 12.3 Å². The number of benzene rings is 1. The van der Waals surface area contributed by atoms with Crippen molar-refractivity contribution in [1.29, 1.82) is 0 Å². The van der Waals surface area contributed by atoms with E-state index in [0.29, 0.717) is 73.0 Å². The lowest BCUT2D eigenvalue weighted by Gasteiger charge is -2.43. The highest BCUT2D eigenvalue weighted by molar-refractivity contribution is 6.32. The van der Waals surface area contributed by atoms with Crippen molar-refractivity contribution in [3.05, 3.63) is 47.0 Å². The smallest absolute Gasteiger partial charge is 0.399 e. The second-order valence-electron chi connectivity index (χ2n) is 12.4. The molecule has 4 aliphatic rings. The summed E-state index contributed by atoms with van der Waals surface area (Å²) in [5, 5.41) is 3.47. The molecule has 9 nitrogen and oxygen atoms in total. The van der Waals surface area contributed by atoms with Crippen molar-refractivity contribution < 1.29 is 17.9 Å². The summed E-state index contributed by atoms with van der Waals surface area (Å²) in [5.74, 6) is 0.468. The minimum absolute atomic E-state index is 0.141. The first-order valence-corrected chi connectivity index (χ1v) is 15.9. The number of halogens is 3. The molecule has 0 radical (unpaired) electrons. The lowest BCUT2D eigenvalue weighted by atomic mass is 9.89. The van der Waals surface area contributed by atoms with Gasteiger partial charge in [0.1, 0.15) is 11.7 Å². The summed E-state index contributed by atoms with van der Waals surface area (Å²) in [4.78, 5) is 16.0. The number of likely N-dealkylation sites (N-methyl/N-ethyl adjacent to an activating group) is 1. The molecule has 1 aromatic rings. The Bertz CT molecular complexity index is 1280. The number of anilines is 1. The minimum atomic E-state index is -4.53. The fourth-order valence-electron chi connectivity index (χ4n) is 6.46. The van der Waals surface area contributed by atoms with Crippen LogP contribution < -0.4 is 21.7 Å². The molecule has 0 spiro atoms. The van der Waals surface area contributed by atoms with E-state index in [9.17, 15) is 13.2 Å². The predicted octanol–water partition coefficient (Wildman–Crippen LogP) is 4.02. The molecule has 4 heterocycles. The van der Waals surface area contributed by atoms with Gasteiger partial charge in [0.05, 0.1) is 22.9 Å². The van der Waals surface area contributed by atoms with Crippen LogP contribution in [0.1, 0.15) is 57.1 Å². The van der Waals surface area contributed by atoms with Crippen molar-refractivity contribution in [2.24, 2.45) is 27.4 Å². The van der Waals surface area contributed by atoms with Gasteiger partial charge in [-0.05, 0) is 63.8 Å². The van der Waals surface area contributed by atoms with Gasteiger partial charge in [-0.3, -0.25) is 4.90 Å². The number of amidine groups is 1. The monoisotopic (exact) mass is 616 g/mol. The number of alkyl halides is 3. The molecule has 44 heavy (non-hydrogen) atoms. The predicted molar refractivity (Wildman–Crippen MR) is 170 cm³/mol. The topological polar surface area (TPSA) is 108 Å². The highest BCUT2D eigenvalue weighted by Gasteiger charge is 2.37. The lowest BCUT2D eigenvalue weighted by molar-refractivity contribution is -0.137. The van der Waals surface area contributed by atoms with Crippen LogP contribution in [0.3, 0.4) is 0 Å². The molecule has 0 aromatic heterocycles. The SMILES string of the molecule is CC/C(N)=C(/N=C1/C(c2ccc(N3CCC(N4CCN(C)CC4)CC3)c(C(F)(F)F)c2)=CN=C(N)C1C)NC1CCOCC1. The Morgan fingerprint density at radius 2 is 1.75 bits per heavy atom. The Hall–Kier alpha value is -3.09. The molecule has 1 atom stereocenters. The molecule has 3 fully saturated rings. The van der Waals surface area contributed by atoms with Gasteiger partial charge in [-0.2, -0.15) is 13.2 Å². The third-order valence-corrected chi connectivity index (χ3v) is 9.42. The van der Waals surface area contributed by atoms with Gasteiger partial charge in [0.25, 0.3) is 0 Å². The molecule has 1 unspecified atom stereocenters. The molecule has 0 aliphatic carbocycles. The van der Waals surface area contributed by atoms with Crippen LogP contribution in [0.4, 0.5) is 18.9 Å². The van der Waals surface area contributed by atoms with Crippen molar-refractivity contribution in [3.63, 3.8) is 0 Å². The Labute approximate surface area is 258 Å². The summed E-state index contributed by atoms with van der Waals surface area (Å²) < 4.78 is 49.4. The van der Waals surface area contributed by atoms with E-state index in [2.05, 4.69) is 27.2 Å². The second kappa shape index (κ2) is 13.9. The average molecular weight is 617 g/mol. The molecular formula is C32H47F3N8O. The quantitative estimate of drug-likeness (QED) is 0.425. The number of allylic oxidation sites excluding steroid dienone is 2. The zero-order valence-corrected chi connectivity index (χ0v) is 26.2. The van der Waals surface area contributed by atoms with Gasteiger partial charge in [0, 0.05) is 82.0 Å². The van der Waals surface area contributed by atoms with Crippen LogP contribution in [-0.4, -0.2) is 93.0 Å². The zero-order valence-electron chi connectivity index (χ0n) is 26.2. The van der Waals surface area contributed by atoms with Gasteiger partial charge < -0.3 is 31.3 Å². The Balaban J connectivity index is 1.43. The van der Waals surface area contributed by atoms with E-state index in [1.54, 1.807) is 12.1 Å². The van der Waals surface area contributed by atoms with Gasteiger partial charge >= 0.3 is 6.18 Å². The third-order valence-electron chi connectivity index (χ3n) is 9.42. The number of rotatable bonds is 7. The maximum absolute atomic E-state index is 14.6. The molecule has 0 bridgehead atoms. The molecule has 0 amide bonds. The van der Waals surface area contributed by atoms with Crippen LogP contribution in [0.25, 0.3) is 5.57 Å². The molecule has 3 saturated heterocycles. The standard InChI is InChI=1S/C32H47F3N8O/c1-4-27(36)31(39-23-9-17-44-18-10-23)40-29-21(2)30(37)38-20-25(29)22-5-6-28(26(19-22)32(33,34)35)43-11-7-24(8-12-43)42-15-13-41(3)14-16-42/h5-6,19-21,23-24,39H,4,7-18,36H2,1-3H3,(H2,37,38)/b31-27-,40-29+. The Morgan fingerprint density at radius 3 is 2.39 bits per heavy atom. The summed E-state index contributed by atoms with van der Waals surface area (Å²) in [6, 6.07) is 5.15. The van der Waals surface area contributed by atoms with E-state index >= 15 is 0 Å². The minimum Gasteiger partial charge on any atom is -0.399 e. The van der Waals surface area contributed by atoms with E-state index in [0.717, 1.165) is 51.9 Å². The highest BCUT2D eigenvalue weighted by atomic mass is 19.4. The largest absolute Gasteiger partial charge is 0.418 e. The molecular weight excluding hydrogens is 569 g/mol. The number of hydrogen-bond acceptors (Lipinski definition) is 9. The van der Waals surface area contributed by atoms with E-state index in [4.69, 9.17) is 21.2 Å². The summed E-state index contributed by atoms with van der Waals surface area (Å²) in [6.07, 6.45) is 0.903. The number of hydrogen-bond donors (Lipinski definition) is 3. The first-order chi connectivity index (χ1) is 21.0. The molecule has 242 valence electrons. The van der Waals surface area contributed by atoms with Gasteiger partial charge in [-0.15, -0.1) is 0 Å². The third kappa shape index (κ3) is 7.40. The van der Waals surface area contributed by atoms with E-state index in [-0.39, 0.29) is 11.7 Å². The number of piperidine rings is 1. The van der Waals surface area contributed by atoms with Crippen LogP contribution in [-0.2, 0) is 10.9 Å². The number of nitrogens with zero attached hydrogens (tertiary/aromatic N) is 5. The number of nitrogens with one attached hydrogen (secondary N) is 1. The molecule has 12 heteroatoms. The number of nitrogens with two attached hydrogens (primary N) is 2. The zero-order chi connectivity index (χ0) is 31.4. The summed E-state index contributed by atoms with van der Waals surface area (Å²) in [6.45, 7) is 10.4. The average Bonchev–Trinajstić information content (AvgIpc) is 3.03. The first kappa shape index (κ1) is 32.3. The van der Waals surface area contributed by atoms with Crippen molar-refractivity contribution in [1.82, 2.24) is 15.1 Å². The maximum atomic E-state index is 14.6. The van der Waals surface area contributed by atoms with Gasteiger partial charge in [0.2, 0.25) is 0 Å². The molecule has 1 aromatic carbocycles. The van der Waals surface area contributed by atoms with Crippen LogP contribution in [0.15, 0.2) is 45.9 Å². The molecule has 4 aliphatic heterocycles.